The number of aromatic nitrogens is 4. The summed E-state index contributed by atoms with van der Waals surface area (Å²) in [4.78, 5) is 14.0. The van der Waals surface area contributed by atoms with E-state index >= 15 is 0 Å². The molecule has 3 saturated heterocycles. The van der Waals surface area contributed by atoms with Crippen molar-refractivity contribution in [3.8, 4) is 0 Å². The molecule has 2 aromatic rings. The van der Waals surface area contributed by atoms with E-state index in [0.29, 0.717) is 11.9 Å². The molecule has 26 heavy (non-hydrogen) atoms. The van der Waals surface area contributed by atoms with Crippen LogP contribution in [0.3, 0.4) is 0 Å². The summed E-state index contributed by atoms with van der Waals surface area (Å²) in [6, 6.07) is 2.81. The van der Waals surface area contributed by atoms with Gasteiger partial charge < -0.3 is 15.5 Å². The van der Waals surface area contributed by atoms with Crippen LogP contribution in [-0.2, 0) is 0 Å². The van der Waals surface area contributed by atoms with Crippen LogP contribution in [0.1, 0.15) is 44.6 Å². The maximum absolute atomic E-state index is 6.04. The Bertz CT molecular complexity index is 799. The van der Waals surface area contributed by atoms with Crippen LogP contribution in [0.15, 0.2) is 6.33 Å². The van der Waals surface area contributed by atoms with Gasteiger partial charge in [-0.15, -0.1) is 0 Å². The van der Waals surface area contributed by atoms with Gasteiger partial charge in [-0.3, -0.25) is 0 Å². The van der Waals surface area contributed by atoms with Crippen molar-refractivity contribution >= 4 is 39.4 Å². The second-order valence-corrected chi connectivity index (χ2v) is 9.16. The minimum absolute atomic E-state index is 0.412. The standard InChI is InChI=1S/C18H26IN7/c1-24-12-2-3-13(24)9-14(8-12)25-6-4-11(5-7-25)26-18-15(16(19)23-26)17(20)21-10-22-18/h10-14H,2-9H2,1H3,(H2,20,21,22). The number of likely N-dealkylation sites (tertiary alicyclic amines) is 1. The average molecular weight is 467 g/mol. The maximum atomic E-state index is 6.04. The number of rotatable bonds is 2. The van der Waals surface area contributed by atoms with Crippen LogP contribution in [0.25, 0.3) is 11.0 Å². The molecule has 5 rings (SSSR count). The molecular formula is C18H26IN7. The zero-order valence-corrected chi connectivity index (χ0v) is 17.3. The van der Waals surface area contributed by atoms with Crippen molar-refractivity contribution < 1.29 is 0 Å². The van der Waals surface area contributed by atoms with E-state index in [9.17, 15) is 0 Å². The first-order valence-corrected chi connectivity index (χ1v) is 10.8. The number of fused-ring (bicyclic) bond motifs is 3. The second-order valence-electron chi connectivity index (χ2n) is 8.14. The van der Waals surface area contributed by atoms with E-state index in [2.05, 4.69) is 54.1 Å². The molecule has 0 spiro atoms. The zero-order valence-electron chi connectivity index (χ0n) is 15.2. The van der Waals surface area contributed by atoms with Crippen molar-refractivity contribution in [3.05, 3.63) is 10.0 Å². The normalized spacial score (nSPS) is 31.1. The fourth-order valence-corrected chi connectivity index (χ4v) is 6.13. The van der Waals surface area contributed by atoms with Gasteiger partial charge >= 0.3 is 0 Å². The summed E-state index contributed by atoms with van der Waals surface area (Å²) in [6.07, 6.45) is 9.32. The molecule has 0 aromatic carbocycles. The molecule has 5 heterocycles. The molecule has 2 bridgehead atoms. The molecule has 0 aliphatic carbocycles. The summed E-state index contributed by atoms with van der Waals surface area (Å²) < 4.78 is 3.01. The van der Waals surface area contributed by atoms with Crippen molar-refractivity contribution in [1.82, 2.24) is 29.5 Å². The van der Waals surface area contributed by atoms with Gasteiger partial charge in [0.15, 0.2) is 5.65 Å². The van der Waals surface area contributed by atoms with Gasteiger partial charge in [0, 0.05) is 31.2 Å². The molecule has 3 fully saturated rings. The van der Waals surface area contributed by atoms with E-state index in [-0.39, 0.29) is 0 Å². The molecule has 0 radical (unpaired) electrons. The summed E-state index contributed by atoms with van der Waals surface area (Å²) in [5.41, 5.74) is 6.93. The molecule has 140 valence electrons. The first kappa shape index (κ1) is 17.1. The number of hydrogen-bond donors (Lipinski definition) is 1. The molecule has 7 nitrogen and oxygen atoms in total. The van der Waals surface area contributed by atoms with Crippen LogP contribution in [0, 0.1) is 3.70 Å². The minimum atomic E-state index is 0.412. The Morgan fingerprint density at radius 3 is 2.38 bits per heavy atom. The number of halogens is 1. The second kappa shape index (κ2) is 6.56. The molecule has 2 N–H and O–H groups in total. The highest BCUT2D eigenvalue weighted by Crippen LogP contribution is 2.38. The minimum Gasteiger partial charge on any atom is -0.383 e. The van der Waals surface area contributed by atoms with Gasteiger partial charge in [0.2, 0.25) is 0 Å². The van der Waals surface area contributed by atoms with Crippen molar-refractivity contribution in [1.29, 1.82) is 0 Å². The summed E-state index contributed by atoms with van der Waals surface area (Å²) in [5, 5.41) is 5.66. The van der Waals surface area contributed by atoms with Crippen molar-refractivity contribution in [2.24, 2.45) is 0 Å². The van der Waals surface area contributed by atoms with E-state index in [1.807, 2.05) is 0 Å². The molecule has 8 heteroatoms. The van der Waals surface area contributed by atoms with Crippen LogP contribution in [0.5, 0.6) is 0 Å². The topological polar surface area (TPSA) is 76.1 Å². The smallest absolute Gasteiger partial charge is 0.164 e. The Morgan fingerprint density at radius 1 is 1.00 bits per heavy atom. The molecule has 0 amide bonds. The molecule has 3 aliphatic rings. The molecule has 2 unspecified atom stereocenters. The molecule has 3 aliphatic heterocycles. The maximum Gasteiger partial charge on any atom is 0.164 e. The zero-order chi connectivity index (χ0) is 17.8. The van der Waals surface area contributed by atoms with Crippen LogP contribution in [0.2, 0.25) is 0 Å². The van der Waals surface area contributed by atoms with E-state index in [1.165, 1.54) is 25.7 Å². The Balaban J connectivity index is 1.30. The van der Waals surface area contributed by atoms with Gasteiger partial charge in [-0.2, -0.15) is 5.10 Å². The van der Waals surface area contributed by atoms with Gasteiger partial charge in [0.25, 0.3) is 0 Å². The van der Waals surface area contributed by atoms with Crippen molar-refractivity contribution in [2.45, 2.75) is 62.7 Å². The number of anilines is 1. The monoisotopic (exact) mass is 467 g/mol. The third kappa shape index (κ3) is 2.72. The van der Waals surface area contributed by atoms with Gasteiger partial charge in [-0.25, -0.2) is 14.6 Å². The average Bonchev–Trinajstić information content (AvgIpc) is 3.07. The number of nitrogen functional groups attached to an aromatic ring is 1. The fourth-order valence-electron chi connectivity index (χ4n) is 5.38. The number of hydrogen-bond acceptors (Lipinski definition) is 6. The van der Waals surface area contributed by atoms with E-state index in [0.717, 1.165) is 58.8 Å². The lowest BCUT2D eigenvalue weighted by Crippen LogP contribution is -2.51. The number of nitrogens with zero attached hydrogens (tertiary/aromatic N) is 6. The lowest BCUT2D eigenvalue weighted by atomic mass is 9.93. The Kier molecular flexibility index (Phi) is 4.32. The number of nitrogens with two attached hydrogens (primary N) is 1. The van der Waals surface area contributed by atoms with Crippen LogP contribution >= 0.6 is 22.6 Å². The first-order chi connectivity index (χ1) is 12.6. The van der Waals surface area contributed by atoms with Crippen LogP contribution in [-0.4, -0.2) is 67.8 Å². The third-order valence-corrected chi connectivity index (χ3v) is 7.67. The van der Waals surface area contributed by atoms with E-state index < -0.39 is 0 Å². The Hall–Kier alpha value is -1.00. The quantitative estimate of drug-likeness (QED) is 0.684. The summed E-state index contributed by atoms with van der Waals surface area (Å²) in [6.45, 7) is 2.33. The third-order valence-electron chi connectivity index (χ3n) is 6.91. The lowest BCUT2D eigenvalue weighted by Gasteiger charge is -2.44. The fraction of sp³-hybridized carbons (Fsp3) is 0.722. The van der Waals surface area contributed by atoms with Crippen molar-refractivity contribution in [3.63, 3.8) is 0 Å². The predicted octanol–water partition coefficient (Wildman–Crippen LogP) is 2.28. The SMILES string of the molecule is CN1C2CCC1CC(N1CCC(n3nc(I)c4c(N)ncnc43)CC1)C2. The molecule has 2 aromatic heterocycles. The number of piperidine rings is 2. The summed E-state index contributed by atoms with van der Waals surface area (Å²) in [7, 11) is 2.32. The van der Waals surface area contributed by atoms with Crippen LogP contribution < -0.4 is 5.73 Å². The van der Waals surface area contributed by atoms with E-state index in [1.54, 1.807) is 6.33 Å². The highest BCUT2D eigenvalue weighted by atomic mass is 127. The molecular weight excluding hydrogens is 441 g/mol. The predicted molar refractivity (Wildman–Crippen MR) is 110 cm³/mol. The molecule has 0 saturated carbocycles. The van der Waals surface area contributed by atoms with Gasteiger partial charge in [-0.1, -0.05) is 0 Å². The van der Waals surface area contributed by atoms with Crippen molar-refractivity contribution in [2.75, 3.05) is 25.9 Å². The Labute approximate surface area is 167 Å². The molecule has 2 atom stereocenters. The largest absolute Gasteiger partial charge is 0.383 e. The first-order valence-electron chi connectivity index (χ1n) is 9.72. The highest BCUT2D eigenvalue weighted by molar-refractivity contribution is 14.1. The van der Waals surface area contributed by atoms with Gasteiger partial charge in [-0.05, 0) is 68.2 Å². The van der Waals surface area contributed by atoms with Crippen LogP contribution in [0.4, 0.5) is 5.82 Å². The van der Waals surface area contributed by atoms with E-state index in [4.69, 9.17) is 10.8 Å². The highest BCUT2D eigenvalue weighted by Gasteiger charge is 2.41. The summed E-state index contributed by atoms with van der Waals surface area (Å²) in [5.74, 6) is 0.532. The lowest BCUT2D eigenvalue weighted by molar-refractivity contribution is 0.0534. The van der Waals surface area contributed by atoms with Gasteiger partial charge in [0.1, 0.15) is 15.8 Å². The Morgan fingerprint density at radius 2 is 1.69 bits per heavy atom. The summed E-state index contributed by atoms with van der Waals surface area (Å²) >= 11 is 2.25. The van der Waals surface area contributed by atoms with Gasteiger partial charge in [0.05, 0.1) is 11.4 Å².